The molecule has 13 heavy (non-hydrogen) atoms. The summed E-state index contributed by atoms with van der Waals surface area (Å²) in [6, 6.07) is 4.78. The molecule has 0 nitrogen and oxygen atoms in total. The van der Waals surface area contributed by atoms with Gasteiger partial charge in [0.25, 0.3) is 0 Å². The molecule has 2 rings (SSSR count). The van der Waals surface area contributed by atoms with E-state index in [1.54, 1.807) is 16.3 Å². The predicted octanol–water partition coefficient (Wildman–Crippen LogP) is 2.64. The molecule has 1 aliphatic rings. The van der Waals surface area contributed by atoms with E-state index >= 15 is 0 Å². The zero-order valence-electron chi connectivity index (χ0n) is 9.07. The zero-order valence-corrected chi connectivity index (χ0v) is 10.1. The highest BCUT2D eigenvalue weighted by molar-refractivity contribution is 6.89. The third-order valence-corrected chi connectivity index (χ3v) is 5.00. The summed E-state index contributed by atoms with van der Waals surface area (Å²) in [4.78, 5) is 0. The summed E-state index contributed by atoms with van der Waals surface area (Å²) in [5, 5.41) is 1.70. The van der Waals surface area contributed by atoms with Crippen LogP contribution in [0.5, 0.6) is 0 Å². The first kappa shape index (κ1) is 9.01. The van der Waals surface area contributed by atoms with Gasteiger partial charge < -0.3 is 0 Å². The molecule has 0 saturated heterocycles. The summed E-state index contributed by atoms with van der Waals surface area (Å²) in [6.07, 6.45) is 2.64. The van der Waals surface area contributed by atoms with E-state index in [0.29, 0.717) is 0 Å². The summed E-state index contributed by atoms with van der Waals surface area (Å²) in [5.74, 6) is 0. The van der Waals surface area contributed by atoms with Gasteiger partial charge in [0.15, 0.2) is 0 Å². The zero-order chi connectivity index (χ0) is 9.64. The summed E-state index contributed by atoms with van der Waals surface area (Å²) < 4.78 is 0. The molecule has 1 aromatic rings. The lowest BCUT2D eigenvalue weighted by molar-refractivity contribution is 0.844. The highest BCUT2D eigenvalue weighted by Gasteiger charge is 2.25. The molecule has 1 heteroatoms. The molecule has 0 amide bonds. The number of rotatable bonds is 1. The van der Waals surface area contributed by atoms with E-state index in [2.05, 4.69) is 38.7 Å². The normalized spacial score (nSPS) is 15.1. The fourth-order valence-electron chi connectivity index (χ4n) is 2.16. The molecule has 0 aliphatic heterocycles. The maximum atomic E-state index is 2.44. The van der Waals surface area contributed by atoms with Crippen LogP contribution in [0.1, 0.15) is 16.7 Å². The average Bonchev–Trinajstić information content (AvgIpc) is 1.93. The van der Waals surface area contributed by atoms with Gasteiger partial charge >= 0.3 is 0 Å². The van der Waals surface area contributed by atoms with Gasteiger partial charge in [0.1, 0.15) is 0 Å². The van der Waals surface area contributed by atoms with E-state index in [9.17, 15) is 0 Å². The molecule has 0 spiro atoms. The van der Waals surface area contributed by atoms with Gasteiger partial charge in [0.05, 0.1) is 8.07 Å². The summed E-state index contributed by atoms with van der Waals surface area (Å²) in [6.45, 7) is 9.56. The summed E-state index contributed by atoms with van der Waals surface area (Å²) >= 11 is 0. The van der Waals surface area contributed by atoms with Crippen LogP contribution in [0.15, 0.2) is 12.1 Å². The fraction of sp³-hybridized carbons (Fsp3) is 0.500. The van der Waals surface area contributed by atoms with Crippen molar-refractivity contribution in [3.63, 3.8) is 0 Å². The lowest BCUT2D eigenvalue weighted by Gasteiger charge is -2.29. The number of aryl methyl sites for hydroxylation is 2. The van der Waals surface area contributed by atoms with Gasteiger partial charge in [0.2, 0.25) is 0 Å². The molecule has 0 atom stereocenters. The van der Waals surface area contributed by atoms with Crippen molar-refractivity contribution in [3.8, 4) is 0 Å². The molecule has 0 N–H and O–H groups in total. The molecule has 0 unspecified atom stereocenters. The lowest BCUT2D eigenvalue weighted by Crippen LogP contribution is -2.43. The molecule has 0 fully saturated rings. The number of hydrogen-bond donors (Lipinski definition) is 0. The molecule has 1 aliphatic carbocycles. The minimum atomic E-state index is -1.09. The second-order valence-corrected chi connectivity index (χ2v) is 10.2. The van der Waals surface area contributed by atoms with Crippen molar-refractivity contribution in [1.29, 1.82) is 0 Å². The maximum absolute atomic E-state index is 2.44. The van der Waals surface area contributed by atoms with Gasteiger partial charge in [-0.3, -0.25) is 0 Å². The Labute approximate surface area is 82.0 Å². The Morgan fingerprint density at radius 3 is 2.23 bits per heavy atom. The Hall–Kier alpha value is -0.563. The quantitative estimate of drug-likeness (QED) is 0.597. The molecular weight excluding hydrogens is 172 g/mol. The van der Waals surface area contributed by atoms with Crippen LogP contribution in [-0.2, 0) is 12.8 Å². The Morgan fingerprint density at radius 2 is 1.77 bits per heavy atom. The molecular formula is C12H18Si. The predicted molar refractivity (Wildman–Crippen MR) is 61.6 cm³/mol. The van der Waals surface area contributed by atoms with Crippen LogP contribution in [-0.4, -0.2) is 8.07 Å². The first-order chi connectivity index (χ1) is 5.98. The molecule has 0 saturated carbocycles. The van der Waals surface area contributed by atoms with Crippen LogP contribution in [0.2, 0.25) is 19.6 Å². The topological polar surface area (TPSA) is 0 Å². The van der Waals surface area contributed by atoms with Crippen molar-refractivity contribution in [2.75, 3.05) is 0 Å². The summed E-state index contributed by atoms with van der Waals surface area (Å²) in [7, 11) is -1.09. The van der Waals surface area contributed by atoms with Gasteiger partial charge in [-0.15, -0.1) is 0 Å². The number of benzene rings is 1. The Kier molecular flexibility index (Phi) is 1.88. The largest absolute Gasteiger partial charge is 0.0779 e. The molecule has 0 bridgehead atoms. The van der Waals surface area contributed by atoms with E-state index in [0.717, 1.165) is 0 Å². The SMILES string of the molecule is Cc1cc2c(c([Si](C)(C)C)c1)CC2. The first-order valence-electron chi connectivity index (χ1n) is 5.11. The second-order valence-electron chi connectivity index (χ2n) is 5.20. The van der Waals surface area contributed by atoms with Crippen molar-refractivity contribution < 1.29 is 0 Å². The van der Waals surface area contributed by atoms with E-state index < -0.39 is 8.07 Å². The minimum Gasteiger partial charge on any atom is -0.0656 e. The van der Waals surface area contributed by atoms with Crippen LogP contribution < -0.4 is 5.19 Å². The van der Waals surface area contributed by atoms with Crippen molar-refractivity contribution in [2.24, 2.45) is 0 Å². The highest BCUT2D eigenvalue weighted by Crippen LogP contribution is 2.24. The molecule has 0 aromatic heterocycles. The van der Waals surface area contributed by atoms with E-state index in [-0.39, 0.29) is 0 Å². The molecule has 70 valence electrons. The molecule has 0 heterocycles. The van der Waals surface area contributed by atoms with Crippen molar-refractivity contribution >= 4 is 13.3 Å². The van der Waals surface area contributed by atoms with E-state index in [4.69, 9.17) is 0 Å². The van der Waals surface area contributed by atoms with Crippen LogP contribution >= 0.6 is 0 Å². The van der Waals surface area contributed by atoms with Crippen LogP contribution in [0.3, 0.4) is 0 Å². The smallest absolute Gasteiger partial charge is 0.0656 e. The third kappa shape index (κ3) is 1.46. The van der Waals surface area contributed by atoms with E-state index in [1.807, 2.05) is 0 Å². The Morgan fingerprint density at radius 1 is 1.08 bits per heavy atom. The fourth-order valence-corrected chi connectivity index (χ4v) is 4.01. The Bertz CT molecular complexity index is 345. The maximum Gasteiger partial charge on any atom is 0.0779 e. The van der Waals surface area contributed by atoms with Gasteiger partial charge in [-0.1, -0.05) is 42.5 Å². The van der Waals surface area contributed by atoms with Gasteiger partial charge in [-0.2, -0.15) is 0 Å². The monoisotopic (exact) mass is 190 g/mol. The molecule has 0 radical (unpaired) electrons. The van der Waals surface area contributed by atoms with Crippen LogP contribution in [0.25, 0.3) is 0 Å². The number of hydrogen-bond acceptors (Lipinski definition) is 0. The van der Waals surface area contributed by atoms with Crippen LogP contribution in [0, 0.1) is 6.92 Å². The van der Waals surface area contributed by atoms with Crippen molar-refractivity contribution in [3.05, 3.63) is 28.8 Å². The van der Waals surface area contributed by atoms with Crippen molar-refractivity contribution in [1.82, 2.24) is 0 Å². The van der Waals surface area contributed by atoms with Crippen molar-refractivity contribution in [2.45, 2.75) is 39.4 Å². The number of fused-ring (bicyclic) bond motifs is 1. The van der Waals surface area contributed by atoms with Gasteiger partial charge in [-0.25, -0.2) is 0 Å². The van der Waals surface area contributed by atoms with Gasteiger partial charge in [-0.05, 0) is 30.9 Å². The average molecular weight is 190 g/mol. The minimum absolute atomic E-state index is 1.09. The van der Waals surface area contributed by atoms with Gasteiger partial charge in [0, 0.05) is 0 Å². The van der Waals surface area contributed by atoms with Crippen LogP contribution in [0.4, 0.5) is 0 Å². The lowest BCUT2D eigenvalue weighted by atomic mass is 9.87. The Balaban J connectivity index is 2.58. The third-order valence-electron chi connectivity index (χ3n) is 2.94. The standard InChI is InChI=1S/C12H18Si/c1-9-7-10-5-6-11(10)12(8-9)13(2,3)4/h7-8H,5-6H2,1-4H3. The first-order valence-corrected chi connectivity index (χ1v) is 8.61. The van der Waals surface area contributed by atoms with E-state index in [1.165, 1.54) is 18.4 Å². The highest BCUT2D eigenvalue weighted by atomic mass is 28.3. The second kappa shape index (κ2) is 2.71. The summed E-state index contributed by atoms with van der Waals surface area (Å²) in [5.41, 5.74) is 4.76. The molecule has 1 aromatic carbocycles.